The summed E-state index contributed by atoms with van der Waals surface area (Å²) >= 11 is 6.07. The Morgan fingerprint density at radius 1 is 1.16 bits per heavy atom. The standard InChI is InChI=1S/C19H21ClN2O2S/c1-12-9-19(13(2)8-17(12)20)25(23,24)22-10-14(3)16-11-21-18-7-5-4-6-15(16)18/h4-9,11,14,21-22H,10H2,1-3H3. The molecule has 0 amide bonds. The van der Waals surface area contributed by atoms with Crippen molar-refractivity contribution in [3.8, 4) is 0 Å². The number of benzene rings is 2. The molecule has 3 rings (SSSR count). The lowest BCUT2D eigenvalue weighted by molar-refractivity contribution is 0.574. The van der Waals surface area contributed by atoms with E-state index in [9.17, 15) is 8.42 Å². The van der Waals surface area contributed by atoms with Crippen molar-refractivity contribution in [1.82, 2.24) is 9.71 Å². The monoisotopic (exact) mass is 376 g/mol. The maximum Gasteiger partial charge on any atom is 0.240 e. The number of rotatable bonds is 5. The SMILES string of the molecule is Cc1cc(S(=O)(=O)NCC(C)c2c[nH]c3ccccc23)c(C)cc1Cl. The molecule has 0 aliphatic heterocycles. The molecule has 3 aromatic rings. The summed E-state index contributed by atoms with van der Waals surface area (Å²) in [5, 5.41) is 1.69. The van der Waals surface area contributed by atoms with Gasteiger partial charge in [-0.15, -0.1) is 0 Å². The van der Waals surface area contributed by atoms with Gasteiger partial charge in [-0.2, -0.15) is 0 Å². The quantitative estimate of drug-likeness (QED) is 0.687. The topological polar surface area (TPSA) is 62.0 Å². The number of H-pyrrole nitrogens is 1. The molecule has 2 N–H and O–H groups in total. The molecule has 25 heavy (non-hydrogen) atoms. The molecule has 0 spiro atoms. The second kappa shape index (κ2) is 6.83. The predicted octanol–water partition coefficient (Wildman–Crippen LogP) is 4.52. The van der Waals surface area contributed by atoms with Crippen LogP contribution in [0.25, 0.3) is 10.9 Å². The molecule has 6 heteroatoms. The normalized spacial score (nSPS) is 13.3. The van der Waals surface area contributed by atoms with Gasteiger partial charge in [-0.25, -0.2) is 13.1 Å². The zero-order valence-electron chi connectivity index (χ0n) is 14.4. The Bertz CT molecular complexity index is 1030. The number of aromatic amines is 1. The summed E-state index contributed by atoms with van der Waals surface area (Å²) in [5.41, 5.74) is 3.54. The second-order valence-electron chi connectivity index (χ2n) is 6.41. The zero-order valence-corrected chi connectivity index (χ0v) is 16.0. The van der Waals surface area contributed by atoms with E-state index in [1.165, 1.54) is 0 Å². The van der Waals surface area contributed by atoms with Crippen LogP contribution in [-0.4, -0.2) is 19.9 Å². The highest BCUT2D eigenvalue weighted by Crippen LogP contribution is 2.26. The summed E-state index contributed by atoms with van der Waals surface area (Å²) in [6.45, 7) is 5.89. The Kier molecular flexibility index (Phi) is 4.91. The highest BCUT2D eigenvalue weighted by atomic mass is 35.5. The van der Waals surface area contributed by atoms with Crippen LogP contribution in [0.5, 0.6) is 0 Å². The fraction of sp³-hybridized carbons (Fsp3) is 0.263. The van der Waals surface area contributed by atoms with E-state index in [2.05, 4.69) is 9.71 Å². The third-order valence-electron chi connectivity index (χ3n) is 4.48. The number of hydrogen-bond acceptors (Lipinski definition) is 2. The molecule has 4 nitrogen and oxygen atoms in total. The van der Waals surface area contributed by atoms with Gasteiger partial charge in [0.15, 0.2) is 0 Å². The van der Waals surface area contributed by atoms with Crippen LogP contribution in [0.15, 0.2) is 47.5 Å². The van der Waals surface area contributed by atoms with Crippen LogP contribution in [0.1, 0.15) is 29.5 Å². The number of sulfonamides is 1. The lowest BCUT2D eigenvalue weighted by atomic mass is 10.0. The molecule has 132 valence electrons. The van der Waals surface area contributed by atoms with Crippen LogP contribution < -0.4 is 4.72 Å². The fourth-order valence-corrected chi connectivity index (χ4v) is 4.63. The molecule has 0 radical (unpaired) electrons. The van der Waals surface area contributed by atoms with E-state index < -0.39 is 10.0 Å². The highest BCUT2D eigenvalue weighted by molar-refractivity contribution is 7.89. The number of hydrogen-bond donors (Lipinski definition) is 2. The summed E-state index contributed by atoms with van der Waals surface area (Å²) in [6, 6.07) is 11.3. The van der Waals surface area contributed by atoms with Gasteiger partial charge >= 0.3 is 0 Å². The minimum atomic E-state index is -3.59. The van der Waals surface area contributed by atoms with Crippen LogP contribution in [0.4, 0.5) is 0 Å². The Hall–Kier alpha value is -1.82. The molecule has 1 heterocycles. The third-order valence-corrected chi connectivity index (χ3v) is 6.45. The van der Waals surface area contributed by atoms with Crippen LogP contribution in [0.2, 0.25) is 5.02 Å². The molecule has 0 fully saturated rings. The predicted molar refractivity (Wildman–Crippen MR) is 103 cm³/mol. The van der Waals surface area contributed by atoms with Crippen molar-refractivity contribution in [2.24, 2.45) is 0 Å². The van der Waals surface area contributed by atoms with Crippen molar-refractivity contribution in [2.45, 2.75) is 31.6 Å². The van der Waals surface area contributed by atoms with Gasteiger partial charge in [0.05, 0.1) is 4.90 Å². The van der Waals surface area contributed by atoms with Gasteiger partial charge in [-0.3, -0.25) is 0 Å². The minimum absolute atomic E-state index is 0.0413. The van der Waals surface area contributed by atoms with Crippen molar-refractivity contribution in [2.75, 3.05) is 6.54 Å². The van der Waals surface area contributed by atoms with Crippen LogP contribution in [0.3, 0.4) is 0 Å². The Balaban J connectivity index is 1.81. The fourth-order valence-electron chi connectivity index (χ4n) is 2.97. The van der Waals surface area contributed by atoms with Gasteiger partial charge in [0.25, 0.3) is 0 Å². The van der Waals surface area contributed by atoms with E-state index in [0.29, 0.717) is 17.1 Å². The molecular weight excluding hydrogens is 356 g/mol. The van der Waals surface area contributed by atoms with Crippen LogP contribution in [-0.2, 0) is 10.0 Å². The Labute approximate surface area is 153 Å². The van der Waals surface area contributed by atoms with Gasteiger partial charge in [0.1, 0.15) is 0 Å². The summed E-state index contributed by atoms with van der Waals surface area (Å²) in [4.78, 5) is 3.51. The lowest BCUT2D eigenvalue weighted by Gasteiger charge is -2.15. The Morgan fingerprint density at radius 2 is 1.88 bits per heavy atom. The molecular formula is C19H21ClN2O2S. The first-order valence-electron chi connectivity index (χ1n) is 8.12. The molecule has 0 aliphatic carbocycles. The summed E-state index contributed by atoms with van der Waals surface area (Å²) in [5.74, 6) is 0.0413. The average Bonchev–Trinajstić information content (AvgIpc) is 3.00. The van der Waals surface area contributed by atoms with Crippen molar-refractivity contribution in [1.29, 1.82) is 0 Å². The van der Waals surface area contributed by atoms with Gasteiger partial charge in [0, 0.05) is 28.7 Å². The molecule has 1 unspecified atom stereocenters. The zero-order chi connectivity index (χ0) is 18.2. The largest absolute Gasteiger partial charge is 0.361 e. The lowest BCUT2D eigenvalue weighted by Crippen LogP contribution is -2.28. The summed E-state index contributed by atoms with van der Waals surface area (Å²) in [6.07, 6.45) is 1.95. The molecule has 0 aliphatic rings. The van der Waals surface area contributed by atoms with Crippen LogP contribution >= 0.6 is 11.6 Å². The first-order valence-corrected chi connectivity index (χ1v) is 9.98. The van der Waals surface area contributed by atoms with Gasteiger partial charge < -0.3 is 4.98 Å². The smallest absolute Gasteiger partial charge is 0.240 e. The number of nitrogens with one attached hydrogen (secondary N) is 2. The number of para-hydroxylation sites is 1. The molecule has 0 saturated heterocycles. The number of fused-ring (bicyclic) bond motifs is 1. The van der Waals surface area contributed by atoms with E-state index in [0.717, 1.165) is 22.0 Å². The molecule has 0 bridgehead atoms. The second-order valence-corrected chi connectivity index (χ2v) is 8.55. The van der Waals surface area contributed by atoms with Crippen molar-refractivity contribution in [3.05, 3.63) is 64.3 Å². The maximum atomic E-state index is 12.7. The maximum absolute atomic E-state index is 12.7. The molecule has 1 aromatic heterocycles. The molecule has 1 atom stereocenters. The summed E-state index contributed by atoms with van der Waals surface area (Å²) in [7, 11) is -3.59. The van der Waals surface area contributed by atoms with E-state index in [4.69, 9.17) is 11.6 Å². The van der Waals surface area contributed by atoms with Crippen molar-refractivity contribution in [3.63, 3.8) is 0 Å². The van der Waals surface area contributed by atoms with Crippen LogP contribution in [0, 0.1) is 13.8 Å². The van der Waals surface area contributed by atoms with Crippen molar-refractivity contribution >= 4 is 32.5 Å². The van der Waals surface area contributed by atoms with E-state index in [-0.39, 0.29) is 10.8 Å². The summed E-state index contributed by atoms with van der Waals surface area (Å²) < 4.78 is 28.1. The Morgan fingerprint density at radius 3 is 2.64 bits per heavy atom. The van der Waals surface area contributed by atoms with E-state index in [1.807, 2.05) is 37.4 Å². The number of aryl methyl sites for hydroxylation is 2. The first-order chi connectivity index (χ1) is 11.8. The number of aromatic nitrogens is 1. The van der Waals surface area contributed by atoms with Crippen molar-refractivity contribution < 1.29 is 8.42 Å². The highest BCUT2D eigenvalue weighted by Gasteiger charge is 2.20. The average molecular weight is 377 g/mol. The van der Waals surface area contributed by atoms with E-state index >= 15 is 0 Å². The van der Waals surface area contributed by atoms with Gasteiger partial charge in [-0.1, -0.05) is 36.7 Å². The number of halogens is 1. The van der Waals surface area contributed by atoms with E-state index in [1.54, 1.807) is 26.0 Å². The van der Waals surface area contributed by atoms with Gasteiger partial charge in [0.2, 0.25) is 10.0 Å². The minimum Gasteiger partial charge on any atom is -0.361 e. The molecule has 0 saturated carbocycles. The van der Waals surface area contributed by atoms with Gasteiger partial charge in [-0.05, 0) is 54.7 Å². The third kappa shape index (κ3) is 3.59. The molecule has 2 aromatic carbocycles. The first kappa shape index (κ1) is 18.0.